The van der Waals surface area contributed by atoms with Crippen molar-refractivity contribution in [2.24, 2.45) is 5.92 Å². The van der Waals surface area contributed by atoms with Crippen LogP contribution in [0.1, 0.15) is 48.2 Å². The van der Waals surface area contributed by atoms with Crippen LogP contribution in [0, 0.1) is 19.8 Å². The number of benzene rings is 1. The Bertz CT molecular complexity index is 534. The van der Waals surface area contributed by atoms with E-state index in [-0.39, 0.29) is 17.8 Å². The molecule has 1 heterocycles. The summed E-state index contributed by atoms with van der Waals surface area (Å²) in [6.07, 6.45) is 1.99. The van der Waals surface area contributed by atoms with Crippen LogP contribution in [0.3, 0.4) is 0 Å². The number of ether oxygens (including phenoxy) is 1. The number of hydrogen-bond acceptors (Lipinski definition) is 3. The summed E-state index contributed by atoms with van der Waals surface area (Å²) in [6.45, 7) is 9.52. The Kier molecular flexibility index (Phi) is 5.28. The van der Waals surface area contributed by atoms with Gasteiger partial charge >= 0.3 is 0 Å². The number of carbonyl (C=O) groups is 1. The number of aryl methyl sites for hydroxylation is 1. The summed E-state index contributed by atoms with van der Waals surface area (Å²) in [5.41, 5.74) is 2.42. The molecule has 0 aliphatic carbocycles. The molecule has 0 aromatic heterocycles. The number of ketones is 1. The summed E-state index contributed by atoms with van der Waals surface area (Å²) in [5, 5.41) is 3.93. The second-order valence-electron chi connectivity index (χ2n) is 6.08. The molecule has 4 heteroatoms. The molecule has 116 valence electrons. The Morgan fingerprint density at radius 2 is 2.14 bits per heavy atom. The lowest BCUT2D eigenvalue weighted by Crippen LogP contribution is -2.35. The molecule has 1 fully saturated rings. The van der Waals surface area contributed by atoms with E-state index in [1.807, 2.05) is 33.8 Å². The van der Waals surface area contributed by atoms with Crippen LogP contribution in [-0.2, 0) is 0 Å². The standard InChI is InChI=1S/C17H24ClNO2/c1-10(2)21-17-11(3)8-14(18)12(4)15(17)16(20)13-6-5-7-19-9-13/h8,10,13,19H,5-7,9H2,1-4H3. The molecule has 21 heavy (non-hydrogen) atoms. The van der Waals surface area contributed by atoms with Gasteiger partial charge in [-0.1, -0.05) is 11.6 Å². The highest BCUT2D eigenvalue weighted by Crippen LogP contribution is 2.35. The number of piperidine rings is 1. The predicted octanol–water partition coefficient (Wildman–Crippen LogP) is 3.93. The van der Waals surface area contributed by atoms with Gasteiger partial charge in [0.2, 0.25) is 0 Å². The molecular weight excluding hydrogens is 286 g/mol. The smallest absolute Gasteiger partial charge is 0.171 e. The van der Waals surface area contributed by atoms with Crippen LogP contribution in [-0.4, -0.2) is 25.0 Å². The quantitative estimate of drug-likeness (QED) is 0.857. The van der Waals surface area contributed by atoms with Gasteiger partial charge in [-0.3, -0.25) is 4.79 Å². The normalized spacial score (nSPS) is 18.9. The van der Waals surface area contributed by atoms with Crippen molar-refractivity contribution in [3.05, 3.63) is 27.8 Å². The monoisotopic (exact) mass is 309 g/mol. The van der Waals surface area contributed by atoms with Crippen LogP contribution in [0.25, 0.3) is 0 Å². The van der Waals surface area contributed by atoms with Crippen molar-refractivity contribution in [1.82, 2.24) is 5.32 Å². The number of carbonyl (C=O) groups excluding carboxylic acids is 1. The minimum Gasteiger partial charge on any atom is -0.490 e. The largest absolute Gasteiger partial charge is 0.490 e. The summed E-state index contributed by atoms with van der Waals surface area (Å²) in [4.78, 5) is 12.9. The van der Waals surface area contributed by atoms with Crippen LogP contribution in [0.4, 0.5) is 0 Å². The summed E-state index contributed by atoms with van der Waals surface area (Å²) in [6, 6.07) is 1.88. The van der Waals surface area contributed by atoms with Crippen molar-refractivity contribution in [1.29, 1.82) is 0 Å². The van der Waals surface area contributed by atoms with Crippen molar-refractivity contribution in [3.8, 4) is 5.75 Å². The number of Topliss-reactive ketones (excluding diaryl/α,β-unsaturated/α-hetero) is 1. The number of hydrogen-bond donors (Lipinski definition) is 1. The zero-order valence-electron chi connectivity index (χ0n) is 13.3. The van der Waals surface area contributed by atoms with Gasteiger partial charge in [0.05, 0.1) is 11.7 Å². The van der Waals surface area contributed by atoms with E-state index in [9.17, 15) is 4.79 Å². The van der Waals surface area contributed by atoms with E-state index in [2.05, 4.69) is 5.32 Å². The summed E-state index contributed by atoms with van der Waals surface area (Å²) < 4.78 is 5.92. The molecule has 1 N–H and O–H groups in total. The maximum absolute atomic E-state index is 12.9. The lowest BCUT2D eigenvalue weighted by atomic mass is 9.87. The Morgan fingerprint density at radius 1 is 1.43 bits per heavy atom. The molecule has 1 unspecified atom stereocenters. The Morgan fingerprint density at radius 3 is 2.71 bits per heavy atom. The van der Waals surface area contributed by atoms with Crippen LogP contribution >= 0.6 is 11.6 Å². The molecule has 0 bridgehead atoms. The van der Waals surface area contributed by atoms with Gasteiger partial charge in [0.15, 0.2) is 5.78 Å². The van der Waals surface area contributed by atoms with Crippen molar-refractivity contribution in [2.45, 2.75) is 46.6 Å². The number of rotatable bonds is 4. The molecule has 3 nitrogen and oxygen atoms in total. The molecule has 1 aromatic rings. The third kappa shape index (κ3) is 3.58. The number of halogens is 1. The number of nitrogens with one attached hydrogen (secondary N) is 1. The molecule has 1 aromatic carbocycles. The van der Waals surface area contributed by atoms with Gasteiger partial charge in [-0.2, -0.15) is 0 Å². The van der Waals surface area contributed by atoms with Crippen LogP contribution in [0.2, 0.25) is 5.02 Å². The van der Waals surface area contributed by atoms with Gasteiger partial charge in [-0.25, -0.2) is 0 Å². The molecule has 2 rings (SSSR count). The molecule has 0 spiro atoms. The lowest BCUT2D eigenvalue weighted by molar-refractivity contribution is 0.0893. The van der Waals surface area contributed by atoms with E-state index in [0.29, 0.717) is 16.3 Å². The van der Waals surface area contributed by atoms with E-state index in [1.54, 1.807) is 0 Å². The van der Waals surface area contributed by atoms with Crippen molar-refractivity contribution in [2.75, 3.05) is 13.1 Å². The van der Waals surface area contributed by atoms with E-state index >= 15 is 0 Å². The molecular formula is C17H24ClNO2. The summed E-state index contributed by atoms with van der Waals surface area (Å²) in [7, 11) is 0. The highest BCUT2D eigenvalue weighted by atomic mass is 35.5. The highest BCUT2D eigenvalue weighted by molar-refractivity contribution is 6.32. The van der Waals surface area contributed by atoms with Crippen molar-refractivity contribution < 1.29 is 9.53 Å². The average Bonchev–Trinajstić information content (AvgIpc) is 2.45. The summed E-state index contributed by atoms with van der Waals surface area (Å²) in [5.74, 6) is 0.869. The van der Waals surface area contributed by atoms with E-state index in [4.69, 9.17) is 16.3 Å². The first-order chi connectivity index (χ1) is 9.91. The second-order valence-corrected chi connectivity index (χ2v) is 6.49. The first-order valence-electron chi connectivity index (χ1n) is 7.63. The zero-order valence-corrected chi connectivity index (χ0v) is 14.0. The molecule has 1 aliphatic rings. The molecule has 0 amide bonds. The predicted molar refractivity (Wildman–Crippen MR) is 86.6 cm³/mol. The Hall–Kier alpha value is -1.06. The topological polar surface area (TPSA) is 38.3 Å². The molecule has 0 radical (unpaired) electrons. The van der Waals surface area contributed by atoms with Crippen molar-refractivity contribution in [3.63, 3.8) is 0 Å². The lowest BCUT2D eigenvalue weighted by Gasteiger charge is -2.25. The molecule has 0 saturated carbocycles. The SMILES string of the molecule is Cc1cc(Cl)c(C)c(C(=O)C2CCCNC2)c1OC(C)C. The first-order valence-corrected chi connectivity index (χ1v) is 8.01. The van der Waals surface area contributed by atoms with Gasteiger partial charge in [-0.05, 0) is 64.3 Å². The fraction of sp³-hybridized carbons (Fsp3) is 0.588. The Labute approximate surface area is 132 Å². The van der Waals surface area contributed by atoms with Crippen LogP contribution in [0.5, 0.6) is 5.75 Å². The van der Waals surface area contributed by atoms with E-state index in [0.717, 1.165) is 37.1 Å². The third-order valence-corrected chi connectivity index (χ3v) is 4.32. The Balaban J connectivity index is 2.46. The molecule has 1 saturated heterocycles. The minimum atomic E-state index is 0.0184. The zero-order chi connectivity index (χ0) is 15.6. The van der Waals surface area contributed by atoms with Gasteiger partial charge in [0, 0.05) is 17.5 Å². The second kappa shape index (κ2) is 6.80. The maximum atomic E-state index is 12.9. The van der Waals surface area contributed by atoms with Gasteiger partial charge in [-0.15, -0.1) is 0 Å². The van der Waals surface area contributed by atoms with Gasteiger partial charge < -0.3 is 10.1 Å². The van der Waals surface area contributed by atoms with Crippen LogP contribution in [0.15, 0.2) is 6.07 Å². The van der Waals surface area contributed by atoms with Crippen LogP contribution < -0.4 is 10.1 Å². The maximum Gasteiger partial charge on any atom is 0.171 e. The first kappa shape index (κ1) is 16.3. The van der Waals surface area contributed by atoms with Gasteiger partial charge in [0.25, 0.3) is 0 Å². The average molecular weight is 310 g/mol. The van der Waals surface area contributed by atoms with E-state index < -0.39 is 0 Å². The van der Waals surface area contributed by atoms with Crippen molar-refractivity contribution >= 4 is 17.4 Å². The summed E-state index contributed by atoms with van der Waals surface area (Å²) >= 11 is 6.29. The fourth-order valence-corrected chi connectivity index (χ4v) is 3.07. The third-order valence-electron chi connectivity index (χ3n) is 3.93. The van der Waals surface area contributed by atoms with Gasteiger partial charge in [0.1, 0.15) is 5.75 Å². The van der Waals surface area contributed by atoms with E-state index in [1.165, 1.54) is 0 Å². The minimum absolute atomic E-state index is 0.0184. The highest BCUT2D eigenvalue weighted by Gasteiger charge is 2.28. The molecule has 1 atom stereocenters. The fourth-order valence-electron chi connectivity index (χ4n) is 2.81. The molecule has 1 aliphatic heterocycles.